The number of nitrogens with zero attached hydrogens (tertiary/aromatic N) is 5. The molecule has 0 N–H and O–H groups in total. The van der Waals surface area contributed by atoms with Crippen LogP contribution in [0.2, 0.25) is 0 Å². The van der Waals surface area contributed by atoms with E-state index >= 15 is 0 Å². The lowest BCUT2D eigenvalue weighted by atomic mass is 10.2. The minimum Gasteiger partial charge on any atom is -0.422 e. The summed E-state index contributed by atoms with van der Waals surface area (Å²) in [5, 5.41) is 15.8. The lowest BCUT2D eigenvalue weighted by molar-refractivity contribution is -0.670. The van der Waals surface area contributed by atoms with Crippen LogP contribution in [-0.4, -0.2) is 10.6 Å². The summed E-state index contributed by atoms with van der Waals surface area (Å²) in [5.74, 6) is 0. The first kappa shape index (κ1) is 14.9. The topological polar surface area (TPSA) is 97.5 Å². The molecule has 2 aromatic heterocycles. The Hall–Kier alpha value is -3.49. The number of benzene rings is 1. The number of hydrogen-bond acceptors (Lipinski definition) is 4. The molecule has 0 saturated heterocycles. The molecule has 3 rings (SSSR count). The average Bonchev–Trinajstić information content (AvgIpc) is 2.94. The van der Waals surface area contributed by atoms with Crippen molar-refractivity contribution in [2.75, 3.05) is 0 Å². The standard InChI is InChI=1S/C13H11N2O2.C2N3/c1-14-6-7-15(9-14)11-8-10-4-2-3-5-12(10)17-13(11)16;3-1-5-2-4/h2-9H,1H3;/q+1;-1. The van der Waals surface area contributed by atoms with Gasteiger partial charge < -0.3 is 14.8 Å². The maximum Gasteiger partial charge on any atom is 0.384 e. The van der Waals surface area contributed by atoms with E-state index in [0.717, 1.165) is 5.39 Å². The van der Waals surface area contributed by atoms with Gasteiger partial charge in [0.25, 0.3) is 0 Å². The summed E-state index contributed by atoms with van der Waals surface area (Å²) in [6.45, 7) is 0. The monoisotopic (exact) mass is 293 g/mol. The second kappa shape index (κ2) is 6.79. The normalized spacial score (nSPS) is 9.27. The number of imidazole rings is 1. The van der Waals surface area contributed by atoms with Gasteiger partial charge in [-0.2, -0.15) is 9.83 Å². The first-order valence-corrected chi connectivity index (χ1v) is 6.20. The third-order valence-corrected chi connectivity index (χ3v) is 2.77. The van der Waals surface area contributed by atoms with E-state index in [1.54, 1.807) is 10.6 Å². The van der Waals surface area contributed by atoms with E-state index in [0.29, 0.717) is 11.3 Å². The van der Waals surface area contributed by atoms with E-state index in [9.17, 15) is 4.79 Å². The third kappa shape index (κ3) is 3.33. The van der Waals surface area contributed by atoms with Crippen LogP contribution in [0.25, 0.3) is 22.1 Å². The van der Waals surface area contributed by atoms with Crippen LogP contribution in [0.5, 0.6) is 0 Å². The maximum atomic E-state index is 11.8. The Balaban J connectivity index is 0.000000309. The van der Waals surface area contributed by atoms with Crippen molar-refractivity contribution in [2.24, 2.45) is 12.0 Å². The van der Waals surface area contributed by atoms with Crippen molar-refractivity contribution in [1.29, 1.82) is 5.26 Å². The van der Waals surface area contributed by atoms with Crippen LogP contribution < -0.4 is 10.2 Å². The molecule has 0 aliphatic heterocycles. The average molecular weight is 293 g/mol. The van der Waals surface area contributed by atoms with E-state index in [4.69, 9.17) is 15.1 Å². The Morgan fingerprint density at radius 1 is 1.41 bits per heavy atom. The molecule has 1 aromatic carbocycles. The van der Waals surface area contributed by atoms with E-state index in [1.165, 1.54) is 12.2 Å². The summed E-state index contributed by atoms with van der Waals surface area (Å²) in [6.07, 6.45) is 6.79. The minimum absolute atomic E-state index is 0.333. The van der Waals surface area contributed by atoms with Gasteiger partial charge in [-0.1, -0.05) is 18.2 Å². The Labute approximate surface area is 125 Å². The SMILES string of the molecule is C[n+]1ccn(-c2cc3ccccc3oc2=O)c1.N#CN=C=[N-]. The zero-order valence-corrected chi connectivity index (χ0v) is 11.7. The first-order chi connectivity index (χ1) is 10.7. The molecule has 0 amide bonds. The van der Waals surface area contributed by atoms with E-state index < -0.39 is 0 Å². The van der Waals surface area contributed by atoms with Gasteiger partial charge >= 0.3 is 5.63 Å². The zero-order chi connectivity index (χ0) is 15.9. The Morgan fingerprint density at radius 2 is 2.18 bits per heavy atom. The highest BCUT2D eigenvalue weighted by Crippen LogP contribution is 2.14. The molecule has 0 radical (unpaired) electrons. The number of aromatic nitrogens is 2. The summed E-state index contributed by atoms with van der Waals surface area (Å²) < 4.78 is 8.89. The van der Waals surface area contributed by atoms with Gasteiger partial charge in [-0.05, 0) is 6.07 Å². The van der Waals surface area contributed by atoms with Gasteiger partial charge in [0.15, 0.2) is 0 Å². The maximum absolute atomic E-state index is 11.8. The van der Waals surface area contributed by atoms with Crippen LogP contribution in [0, 0.1) is 11.5 Å². The quantitative estimate of drug-likeness (QED) is 0.295. The molecule has 0 unspecified atom stereocenters. The summed E-state index contributed by atoms with van der Waals surface area (Å²) >= 11 is 0. The van der Waals surface area contributed by atoms with Crippen LogP contribution in [0.3, 0.4) is 0 Å². The fraction of sp³-hybridized carbons (Fsp3) is 0.0667. The summed E-state index contributed by atoms with van der Waals surface area (Å²) in [5.41, 5.74) is 0.794. The van der Waals surface area contributed by atoms with Crippen molar-refractivity contribution in [3.8, 4) is 11.9 Å². The van der Waals surface area contributed by atoms with Crippen molar-refractivity contribution < 1.29 is 8.98 Å². The Morgan fingerprint density at radius 3 is 2.77 bits per heavy atom. The van der Waals surface area contributed by atoms with Crippen molar-refractivity contribution in [3.05, 3.63) is 64.9 Å². The number of fused-ring (bicyclic) bond motifs is 1. The molecule has 3 aromatic rings. The van der Waals surface area contributed by atoms with Crippen molar-refractivity contribution in [1.82, 2.24) is 4.57 Å². The molecule has 0 fully saturated rings. The molecule has 0 bridgehead atoms. The van der Waals surface area contributed by atoms with Crippen molar-refractivity contribution in [3.63, 3.8) is 0 Å². The van der Waals surface area contributed by atoms with Gasteiger partial charge in [0.2, 0.25) is 12.0 Å². The summed E-state index contributed by atoms with van der Waals surface area (Å²) in [4.78, 5) is 14.4. The molecule has 22 heavy (non-hydrogen) atoms. The van der Waals surface area contributed by atoms with Gasteiger partial charge in [-0.25, -0.2) is 9.36 Å². The molecule has 0 spiro atoms. The predicted molar refractivity (Wildman–Crippen MR) is 79.4 cm³/mol. The molecule has 2 heterocycles. The lowest BCUT2D eigenvalue weighted by Crippen LogP contribution is -2.24. The lowest BCUT2D eigenvalue weighted by Gasteiger charge is -1.97. The molecule has 0 aliphatic carbocycles. The van der Waals surface area contributed by atoms with E-state index in [1.807, 2.05) is 54.6 Å². The number of hydrogen-bond donors (Lipinski definition) is 0. The molecule has 7 heteroatoms. The van der Waals surface area contributed by atoms with E-state index in [2.05, 4.69) is 4.99 Å². The molecular weight excluding hydrogens is 282 g/mol. The molecule has 108 valence electrons. The van der Waals surface area contributed by atoms with Crippen LogP contribution in [-0.2, 0) is 7.05 Å². The molecule has 0 saturated carbocycles. The molecule has 7 nitrogen and oxygen atoms in total. The second-order valence-electron chi connectivity index (χ2n) is 4.26. The third-order valence-electron chi connectivity index (χ3n) is 2.77. The second-order valence-corrected chi connectivity index (χ2v) is 4.26. The molecular formula is C15H11N5O2. The van der Waals surface area contributed by atoms with Crippen LogP contribution in [0.15, 0.2) is 63.3 Å². The van der Waals surface area contributed by atoms with E-state index in [-0.39, 0.29) is 5.63 Å². The molecule has 0 aliphatic rings. The highest BCUT2D eigenvalue weighted by molar-refractivity contribution is 5.77. The first-order valence-electron chi connectivity index (χ1n) is 6.20. The number of para-hydroxylation sites is 1. The van der Waals surface area contributed by atoms with Crippen molar-refractivity contribution >= 4 is 17.0 Å². The number of nitriles is 1. The fourth-order valence-electron chi connectivity index (χ4n) is 1.85. The number of rotatable bonds is 1. The van der Waals surface area contributed by atoms with Gasteiger partial charge in [-0.15, -0.1) is 6.01 Å². The largest absolute Gasteiger partial charge is 0.422 e. The van der Waals surface area contributed by atoms with Crippen LogP contribution in [0.1, 0.15) is 0 Å². The highest BCUT2D eigenvalue weighted by Gasteiger charge is 2.11. The van der Waals surface area contributed by atoms with Gasteiger partial charge in [0, 0.05) is 11.5 Å². The number of aliphatic imine (C=N–C) groups is 1. The van der Waals surface area contributed by atoms with Gasteiger partial charge in [-0.3, -0.25) is 0 Å². The van der Waals surface area contributed by atoms with Crippen LogP contribution >= 0.6 is 0 Å². The van der Waals surface area contributed by atoms with Gasteiger partial charge in [0.1, 0.15) is 18.0 Å². The minimum atomic E-state index is -0.333. The molecule has 0 atom stereocenters. The Bertz CT molecular complexity index is 942. The Kier molecular flexibility index (Phi) is 4.60. The van der Waals surface area contributed by atoms with Gasteiger partial charge in [0.05, 0.1) is 13.2 Å². The van der Waals surface area contributed by atoms with Crippen LogP contribution in [0.4, 0.5) is 0 Å². The smallest absolute Gasteiger partial charge is 0.384 e. The fourth-order valence-corrected chi connectivity index (χ4v) is 1.85. The summed E-state index contributed by atoms with van der Waals surface area (Å²) in [7, 11) is 1.90. The summed E-state index contributed by atoms with van der Waals surface area (Å²) in [6, 6.07) is 10.6. The zero-order valence-electron chi connectivity index (χ0n) is 11.7. The number of aryl methyl sites for hydroxylation is 1. The predicted octanol–water partition coefficient (Wildman–Crippen LogP) is 1.62. The highest BCUT2D eigenvalue weighted by atomic mass is 16.4. The van der Waals surface area contributed by atoms with Crippen molar-refractivity contribution in [2.45, 2.75) is 0 Å².